The van der Waals surface area contributed by atoms with Gasteiger partial charge in [0.25, 0.3) is 0 Å². The Morgan fingerprint density at radius 1 is 1.47 bits per heavy atom. The largest absolute Gasteiger partial charge is 0.405 e. The van der Waals surface area contributed by atoms with Crippen molar-refractivity contribution >= 4 is 11.3 Å². The van der Waals surface area contributed by atoms with E-state index in [9.17, 15) is 13.2 Å². The second kappa shape index (κ2) is 5.37. The van der Waals surface area contributed by atoms with Crippen LogP contribution < -0.4 is 5.32 Å². The van der Waals surface area contributed by atoms with Gasteiger partial charge in [0, 0.05) is 24.5 Å². The highest BCUT2D eigenvalue weighted by Gasteiger charge is 2.43. The Balaban J connectivity index is 2.09. The molecule has 2 rings (SSSR count). The van der Waals surface area contributed by atoms with Gasteiger partial charge in [-0.1, -0.05) is 6.07 Å². The minimum Gasteiger partial charge on any atom is -0.315 e. The molecule has 0 amide bonds. The number of thiophene rings is 1. The van der Waals surface area contributed by atoms with E-state index in [-0.39, 0.29) is 6.54 Å². The highest BCUT2D eigenvalue weighted by molar-refractivity contribution is 7.09. The second-order valence-corrected chi connectivity index (χ2v) is 5.20. The molecule has 1 atom stereocenters. The van der Waals surface area contributed by atoms with E-state index in [1.165, 1.54) is 16.2 Å². The number of hydrogen-bond donors (Lipinski definition) is 1. The van der Waals surface area contributed by atoms with Crippen LogP contribution in [0.15, 0.2) is 17.5 Å². The zero-order valence-corrected chi connectivity index (χ0v) is 10.2. The van der Waals surface area contributed by atoms with Gasteiger partial charge in [0.15, 0.2) is 0 Å². The summed E-state index contributed by atoms with van der Waals surface area (Å²) >= 11 is 1.51. The van der Waals surface area contributed by atoms with Crippen molar-refractivity contribution in [2.75, 3.05) is 19.6 Å². The van der Waals surface area contributed by atoms with Crippen molar-refractivity contribution in [2.45, 2.75) is 25.2 Å². The molecular formula is C11H15F3N2S. The fourth-order valence-corrected chi connectivity index (χ4v) is 2.77. The van der Waals surface area contributed by atoms with E-state index in [4.69, 9.17) is 0 Å². The van der Waals surface area contributed by atoms with Crippen molar-refractivity contribution in [3.63, 3.8) is 0 Å². The van der Waals surface area contributed by atoms with Gasteiger partial charge < -0.3 is 5.32 Å². The van der Waals surface area contributed by atoms with E-state index in [0.29, 0.717) is 19.6 Å². The predicted octanol–water partition coefficient (Wildman–Crippen LogP) is 2.47. The van der Waals surface area contributed by atoms with E-state index in [0.717, 1.165) is 11.3 Å². The highest BCUT2D eigenvalue weighted by Crippen LogP contribution is 2.27. The average molecular weight is 264 g/mol. The predicted molar refractivity (Wildman–Crippen MR) is 62.1 cm³/mol. The minimum atomic E-state index is -4.16. The fourth-order valence-electron chi connectivity index (χ4n) is 2.05. The van der Waals surface area contributed by atoms with Crippen LogP contribution in [0, 0.1) is 0 Å². The molecule has 1 unspecified atom stereocenters. The first-order chi connectivity index (χ1) is 8.07. The van der Waals surface area contributed by atoms with Crippen LogP contribution in [-0.2, 0) is 6.54 Å². The van der Waals surface area contributed by atoms with Gasteiger partial charge in [-0.15, -0.1) is 11.3 Å². The topological polar surface area (TPSA) is 15.3 Å². The van der Waals surface area contributed by atoms with Gasteiger partial charge in [-0.3, -0.25) is 4.90 Å². The van der Waals surface area contributed by atoms with Gasteiger partial charge in [-0.2, -0.15) is 13.2 Å². The Morgan fingerprint density at radius 2 is 2.29 bits per heavy atom. The molecule has 6 heteroatoms. The Hall–Kier alpha value is -0.590. The Bertz CT molecular complexity index is 337. The van der Waals surface area contributed by atoms with Crippen LogP contribution in [0.4, 0.5) is 13.2 Å². The second-order valence-electron chi connectivity index (χ2n) is 4.16. The van der Waals surface area contributed by atoms with E-state index < -0.39 is 12.2 Å². The molecule has 17 heavy (non-hydrogen) atoms. The summed E-state index contributed by atoms with van der Waals surface area (Å²) in [4.78, 5) is 2.52. The average Bonchev–Trinajstić information content (AvgIpc) is 2.61. The SMILES string of the molecule is FC(F)(F)C1CNCCCN1Cc1cccs1. The van der Waals surface area contributed by atoms with Crippen molar-refractivity contribution < 1.29 is 13.2 Å². The lowest BCUT2D eigenvalue weighted by atomic mass is 10.2. The number of nitrogens with one attached hydrogen (secondary N) is 1. The van der Waals surface area contributed by atoms with Crippen LogP contribution in [-0.4, -0.2) is 36.8 Å². The van der Waals surface area contributed by atoms with Gasteiger partial charge in [-0.25, -0.2) is 0 Å². The summed E-state index contributed by atoms with van der Waals surface area (Å²) in [7, 11) is 0. The van der Waals surface area contributed by atoms with Crippen molar-refractivity contribution in [3.8, 4) is 0 Å². The molecule has 1 saturated heterocycles. The summed E-state index contributed by atoms with van der Waals surface area (Å²) in [5.74, 6) is 0. The minimum absolute atomic E-state index is 0.00508. The van der Waals surface area contributed by atoms with E-state index in [2.05, 4.69) is 5.32 Å². The summed E-state index contributed by atoms with van der Waals surface area (Å²) < 4.78 is 38.8. The summed E-state index contributed by atoms with van der Waals surface area (Å²) in [6.07, 6.45) is -3.40. The van der Waals surface area contributed by atoms with Crippen LogP contribution in [0.5, 0.6) is 0 Å². The number of nitrogens with zero attached hydrogens (tertiary/aromatic N) is 1. The Kier molecular flexibility index (Phi) is 4.06. The first-order valence-corrected chi connectivity index (χ1v) is 6.49. The van der Waals surface area contributed by atoms with Gasteiger partial charge in [0.2, 0.25) is 0 Å². The molecular weight excluding hydrogens is 249 g/mol. The summed E-state index contributed by atoms with van der Waals surface area (Å²) in [5.41, 5.74) is 0. The standard InChI is InChI=1S/C11H15F3N2S/c12-11(13,14)10-7-15-4-2-5-16(10)8-9-3-1-6-17-9/h1,3,6,10,15H,2,4-5,7-8H2. The lowest BCUT2D eigenvalue weighted by molar-refractivity contribution is -0.182. The molecule has 1 fully saturated rings. The molecule has 0 bridgehead atoms. The monoisotopic (exact) mass is 264 g/mol. The number of halogens is 3. The van der Waals surface area contributed by atoms with Crippen LogP contribution in [0.25, 0.3) is 0 Å². The molecule has 0 spiro atoms. The van der Waals surface area contributed by atoms with Crippen molar-refractivity contribution in [1.82, 2.24) is 10.2 Å². The molecule has 0 aromatic carbocycles. The molecule has 0 aliphatic carbocycles. The third-order valence-electron chi connectivity index (χ3n) is 2.89. The highest BCUT2D eigenvalue weighted by atomic mass is 32.1. The summed E-state index contributed by atoms with van der Waals surface area (Å²) in [6, 6.07) is 2.39. The zero-order valence-electron chi connectivity index (χ0n) is 9.33. The number of alkyl halides is 3. The molecule has 96 valence electrons. The molecule has 1 aliphatic heterocycles. The maximum Gasteiger partial charge on any atom is 0.405 e. The van der Waals surface area contributed by atoms with Gasteiger partial charge >= 0.3 is 6.18 Å². The lowest BCUT2D eigenvalue weighted by Gasteiger charge is -2.30. The lowest BCUT2D eigenvalue weighted by Crippen LogP contribution is -2.49. The van der Waals surface area contributed by atoms with E-state index in [1.807, 2.05) is 17.5 Å². The normalized spacial score (nSPS) is 23.6. The maximum absolute atomic E-state index is 12.9. The van der Waals surface area contributed by atoms with Crippen molar-refractivity contribution in [3.05, 3.63) is 22.4 Å². The van der Waals surface area contributed by atoms with Crippen LogP contribution in [0.3, 0.4) is 0 Å². The molecule has 2 heterocycles. The zero-order chi connectivity index (χ0) is 12.3. The third kappa shape index (κ3) is 3.43. The number of hydrogen-bond acceptors (Lipinski definition) is 3. The molecule has 1 aliphatic rings. The van der Waals surface area contributed by atoms with E-state index >= 15 is 0 Å². The van der Waals surface area contributed by atoms with Gasteiger partial charge in [-0.05, 0) is 24.4 Å². The summed E-state index contributed by atoms with van der Waals surface area (Å²) in [5, 5.41) is 4.75. The Morgan fingerprint density at radius 3 is 2.94 bits per heavy atom. The van der Waals surface area contributed by atoms with Crippen LogP contribution in [0.1, 0.15) is 11.3 Å². The first kappa shape index (κ1) is 12.9. The fraction of sp³-hybridized carbons (Fsp3) is 0.636. The number of rotatable bonds is 2. The maximum atomic E-state index is 12.9. The third-order valence-corrected chi connectivity index (χ3v) is 3.76. The molecule has 1 aromatic heterocycles. The molecule has 1 aromatic rings. The van der Waals surface area contributed by atoms with Gasteiger partial charge in [0.05, 0.1) is 0 Å². The smallest absolute Gasteiger partial charge is 0.315 e. The van der Waals surface area contributed by atoms with Crippen LogP contribution >= 0.6 is 11.3 Å². The van der Waals surface area contributed by atoms with Crippen molar-refractivity contribution in [1.29, 1.82) is 0 Å². The molecule has 2 nitrogen and oxygen atoms in total. The molecule has 1 N–H and O–H groups in total. The van der Waals surface area contributed by atoms with Crippen LogP contribution in [0.2, 0.25) is 0 Å². The van der Waals surface area contributed by atoms with Gasteiger partial charge in [0.1, 0.15) is 6.04 Å². The first-order valence-electron chi connectivity index (χ1n) is 5.61. The Labute approximate surface area is 102 Å². The quantitative estimate of drug-likeness (QED) is 0.883. The van der Waals surface area contributed by atoms with Crippen molar-refractivity contribution in [2.24, 2.45) is 0 Å². The van der Waals surface area contributed by atoms with E-state index in [1.54, 1.807) is 0 Å². The summed E-state index contributed by atoms with van der Waals surface area (Å²) in [6.45, 7) is 1.54. The molecule has 0 radical (unpaired) electrons. The molecule has 0 saturated carbocycles.